The Balaban J connectivity index is 1.41. The van der Waals surface area contributed by atoms with Gasteiger partial charge < -0.3 is 15.4 Å². The number of anilines is 3. The van der Waals surface area contributed by atoms with Gasteiger partial charge in [0.2, 0.25) is 5.91 Å². The average Bonchev–Trinajstić information content (AvgIpc) is 3.07. The van der Waals surface area contributed by atoms with Crippen LogP contribution in [-0.4, -0.2) is 24.3 Å². The molecule has 0 saturated carbocycles. The van der Waals surface area contributed by atoms with Crippen molar-refractivity contribution in [2.24, 2.45) is 0 Å². The molecule has 0 unspecified atom stereocenters. The quantitative estimate of drug-likeness (QED) is 0.371. The maximum absolute atomic E-state index is 13.0. The number of nitrogens with one attached hydrogen (secondary N) is 2. The third-order valence-electron chi connectivity index (χ3n) is 5.56. The molecule has 0 fully saturated rings. The number of hydrogen-bond acceptors (Lipinski definition) is 5. The first-order valence-corrected chi connectivity index (χ1v) is 12.0. The fourth-order valence-electron chi connectivity index (χ4n) is 3.68. The van der Waals surface area contributed by atoms with Crippen LogP contribution in [-0.2, 0) is 20.8 Å². The van der Waals surface area contributed by atoms with Gasteiger partial charge in [0, 0.05) is 16.4 Å². The molecule has 2 N–H and O–H groups in total. The lowest BCUT2D eigenvalue weighted by Gasteiger charge is -2.15. The topological polar surface area (TPSA) is 87.7 Å². The molecule has 0 aromatic heterocycles. The Hall–Kier alpha value is -3.81. The second-order valence-corrected chi connectivity index (χ2v) is 8.81. The van der Waals surface area contributed by atoms with Gasteiger partial charge in [0.05, 0.1) is 18.7 Å². The van der Waals surface area contributed by atoms with Crippen LogP contribution in [0, 0.1) is 6.92 Å². The normalized spacial score (nSPS) is 13.3. The Bertz CT molecular complexity index is 1350. The zero-order valence-electron chi connectivity index (χ0n) is 19.6. The number of amides is 3. The van der Waals surface area contributed by atoms with Gasteiger partial charge >= 0.3 is 0 Å². The van der Waals surface area contributed by atoms with Gasteiger partial charge in [-0.1, -0.05) is 41.4 Å². The molecular weight excluding hydrogens is 501 g/mol. The SMILES string of the molecule is CCOc1ccc(N2C(=O)C(Cl)=C(Nc3ccc(CC(=O)Nc4cccc(Cl)c4C)cc3)C2=O)cc1. The molecule has 9 heteroatoms. The molecule has 0 aliphatic carbocycles. The molecule has 7 nitrogen and oxygen atoms in total. The van der Waals surface area contributed by atoms with Gasteiger partial charge in [-0.3, -0.25) is 14.4 Å². The van der Waals surface area contributed by atoms with Crippen LogP contribution in [0.15, 0.2) is 77.5 Å². The summed E-state index contributed by atoms with van der Waals surface area (Å²) in [6.07, 6.45) is 0.151. The van der Waals surface area contributed by atoms with E-state index in [9.17, 15) is 14.4 Å². The van der Waals surface area contributed by atoms with Gasteiger partial charge in [-0.25, -0.2) is 4.90 Å². The zero-order valence-corrected chi connectivity index (χ0v) is 21.1. The summed E-state index contributed by atoms with van der Waals surface area (Å²) >= 11 is 12.3. The molecule has 3 aromatic rings. The predicted molar refractivity (Wildman–Crippen MR) is 142 cm³/mol. The molecule has 1 heterocycles. The van der Waals surface area contributed by atoms with Crippen molar-refractivity contribution in [2.75, 3.05) is 22.1 Å². The van der Waals surface area contributed by atoms with E-state index in [0.29, 0.717) is 34.4 Å². The van der Waals surface area contributed by atoms with Crippen LogP contribution < -0.4 is 20.3 Å². The first-order valence-electron chi connectivity index (χ1n) is 11.2. The minimum absolute atomic E-state index is 0.0162. The van der Waals surface area contributed by atoms with E-state index in [1.54, 1.807) is 66.7 Å². The number of halogens is 2. The van der Waals surface area contributed by atoms with Crippen molar-refractivity contribution < 1.29 is 19.1 Å². The second kappa shape index (κ2) is 10.8. The number of carbonyl (C=O) groups excluding carboxylic acids is 3. The van der Waals surface area contributed by atoms with Gasteiger partial charge in [-0.15, -0.1) is 0 Å². The minimum atomic E-state index is -0.613. The lowest BCUT2D eigenvalue weighted by molar-refractivity contribution is -0.120. The fraction of sp³-hybridized carbons (Fsp3) is 0.148. The predicted octanol–water partition coefficient (Wildman–Crippen LogP) is 5.66. The van der Waals surface area contributed by atoms with Gasteiger partial charge in [-0.2, -0.15) is 0 Å². The molecule has 0 radical (unpaired) electrons. The van der Waals surface area contributed by atoms with E-state index in [0.717, 1.165) is 16.0 Å². The van der Waals surface area contributed by atoms with Crippen LogP contribution in [0.25, 0.3) is 0 Å². The lowest BCUT2D eigenvalue weighted by atomic mass is 10.1. The van der Waals surface area contributed by atoms with Crippen molar-refractivity contribution in [1.29, 1.82) is 0 Å². The number of benzene rings is 3. The molecule has 0 atom stereocenters. The third kappa shape index (κ3) is 5.37. The monoisotopic (exact) mass is 523 g/mol. The van der Waals surface area contributed by atoms with E-state index in [2.05, 4.69) is 10.6 Å². The third-order valence-corrected chi connectivity index (χ3v) is 6.32. The molecule has 0 saturated heterocycles. The molecule has 3 aromatic carbocycles. The van der Waals surface area contributed by atoms with Crippen LogP contribution in [0.3, 0.4) is 0 Å². The summed E-state index contributed by atoms with van der Waals surface area (Å²) in [5, 5.41) is 6.17. The summed E-state index contributed by atoms with van der Waals surface area (Å²) in [6, 6.07) is 18.9. The largest absolute Gasteiger partial charge is 0.494 e. The molecule has 36 heavy (non-hydrogen) atoms. The highest BCUT2D eigenvalue weighted by atomic mass is 35.5. The van der Waals surface area contributed by atoms with Gasteiger partial charge in [0.25, 0.3) is 11.8 Å². The van der Waals surface area contributed by atoms with E-state index in [-0.39, 0.29) is 23.1 Å². The summed E-state index contributed by atoms with van der Waals surface area (Å²) in [5.41, 5.74) is 3.15. The van der Waals surface area contributed by atoms with Gasteiger partial charge in [0.1, 0.15) is 16.5 Å². The Kier molecular flexibility index (Phi) is 7.62. The van der Waals surface area contributed by atoms with Crippen molar-refractivity contribution in [2.45, 2.75) is 20.3 Å². The lowest BCUT2D eigenvalue weighted by Crippen LogP contribution is -2.32. The summed E-state index contributed by atoms with van der Waals surface area (Å²) in [4.78, 5) is 39.2. The highest BCUT2D eigenvalue weighted by Gasteiger charge is 2.38. The standard InChI is InChI=1S/C27H23Cl2N3O4/c1-3-36-20-13-11-19(12-14-20)32-26(34)24(29)25(27(32)35)30-18-9-7-17(8-10-18)15-23(33)31-22-6-4-5-21(28)16(22)2/h4-14,30H,3,15H2,1-2H3,(H,31,33). The smallest absolute Gasteiger partial charge is 0.283 e. The number of imide groups is 1. The van der Waals surface area contributed by atoms with E-state index < -0.39 is 11.8 Å². The molecule has 1 aliphatic rings. The van der Waals surface area contributed by atoms with Crippen molar-refractivity contribution in [3.8, 4) is 5.75 Å². The minimum Gasteiger partial charge on any atom is -0.494 e. The molecule has 0 bridgehead atoms. The van der Waals surface area contributed by atoms with Crippen LogP contribution >= 0.6 is 23.2 Å². The molecule has 1 aliphatic heterocycles. The highest BCUT2D eigenvalue weighted by Crippen LogP contribution is 2.31. The van der Waals surface area contributed by atoms with Crippen molar-refractivity contribution >= 4 is 58.0 Å². The number of nitrogens with zero attached hydrogens (tertiary/aromatic N) is 1. The number of rotatable bonds is 8. The second-order valence-electron chi connectivity index (χ2n) is 8.02. The van der Waals surface area contributed by atoms with Crippen molar-refractivity contribution in [3.63, 3.8) is 0 Å². The first kappa shape index (κ1) is 25.3. The highest BCUT2D eigenvalue weighted by molar-refractivity contribution is 6.53. The van der Waals surface area contributed by atoms with Crippen molar-refractivity contribution in [1.82, 2.24) is 0 Å². The Morgan fingerprint density at radius 1 is 0.944 bits per heavy atom. The maximum Gasteiger partial charge on any atom is 0.283 e. The number of hydrogen-bond donors (Lipinski definition) is 2. The molecule has 0 spiro atoms. The van der Waals surface area contributed by atoms with Crippen LogP contribution in [0.2, 0.25) is 5.02 Å². The summed E-state index contributed by atoms with van der Waals surface area (Å²) < 4.78 is 5.40. The molecule has 4 rings (SSSR count). The molecule has 3 amide bonds. The van der Waals surface area contributed by atoms with Gasteiger partial charge in [-0.05, 0) is 73.5 Å². The number of ether oxygens (including phenoxy) is 1. The van der Waals surface area contributed by atoms with Crippen LogP contribution in [0.1, 0.15) is 18.1 Å². The van der Waals surface area contributed by atoms with Crippen LogP contribution in [0.5, 0.6) is 5.75 Å². The van der Waals surface area contributed by atoms with Gasteiger partial charge in [0.15, 0.2) is 0 Å². The molecular formula is C27H23Cl2N3O4. The van der Waals surface area contributed by atoms with Crippen molar-refractivity contribution in [3.05, 3.63) is 93.6 Å². The zero-order chi connectivity index (χ0) is 25.8. The van der Waals surface area contributed by atoms with E-state index >= 15 is 0 Å². The number of carbonyl (C=O) groups is 3. The average molecular weight is 524 g/mol. The Labute approximate surface area is 218 Å². The first-order chi connectivity index (χ1) is 17.3. The Morgan fingerprint density at radius 3 is 2.31 bits per heavy atom. The fourth-order valence-corrected chi connectivity index (χ4v) is 4.06. The van der Waals surface area contributed by atoms with E-state index in [1.807, 2.05) is 13.8 Å². The van der Waals surface area contributed by atoms with Crippen LogP contribution in [0.4, 0.5) is 17.1 Å². The Morgan fingerprint density at radius 2 is 1.64 bits per heavy atom. The summed E-state index contributed by atoms with van der Waals surface area (Å²) in [6.45, 7) is 4.21. The summed E-state index contributed by atoms with van der Waals surface area (Å²) in [5.74, 6) is -0.726. The molecule has 184 valence electrons. The maximum atomic E-state index is 13.0. The van der Waals surface area contributed by atoms with E-state index in [4.69, 9.17) is 27.9 Å². The summed E-state index contributed by atoms with van der Waals surface area (Å²) in [7, 11) is 0. The van der Waals surface area contributed by atoms with E-state index in [1.165, 1.54) is 0 Å².